The van der Waals surface area contributed by atoms with Crippen LogP contribution in [-0.4, -0.2) is 56.3 Å². The molecule has 0 fully saturated rings. The van der Waals surface area contributed by atoms with Crippen molar-refractivity contribution in [3.8, 4) is 0 Å². The molecule has 2 atom stereocenters. The third-order valence-corrected chi connectivity index (χ3v) is 9.19. The molecule has 0 amide bonds. The second kappa shape index (κ2) is 37.7. The summed E-state index contributed by atoms with van der Waals surface area (Å²) in [6.07, 6.45) is 40.2. The molecule has 0 saturated carbocycles. The maximum Gasteiger partial charge on any atom is 0.472 e. The maximum absolute atomic E-state index is 12.6. The second-order valence-electron chi connectivity index (χ2n) is 13.1. The van der Waals surface area contributed by atoms with Crippen molar-refractivity contribution in [3.05, 3.63) is 48.6 Å². The van der Waals surface area contributed by atoms with Gasteiger partial charge < -0.3 is 19.7 Å². The van der Waals surface area contributed by atoms with E-state index in [2.05, 4.69) is 61.7 Å². The van der Waals surface area contributed by atoms with E-state index in [1.807, 2.05) is 6.08 Å². The summed E-state index contributed by atoms with van der Waals surface area (Å²) in [7, 11) is -2.67. The van der Waals surface area contributed by atoms with E-state index in [9.17, 15) is 19.0 Å². The molecule has 0 heterocycles. The smallest absolute Gasteiger partial charge is 0.462 e. The molecule has 0 rings (SSSR count). The number of carbonyl (C=O) groups excluding carboxylic acids is 2. The zero-order valence-corrected chi connectivity index (χ0v) is 33.4. The van der Waals surface area contributed by atoms with Crippen LogP contribution in [0.1, 0.15) is 162 Å². The summed E-state index contributed by atoms with van der Waals surface area (Å²) >= 11 is 0. The van der Waals surface area contributed by atoms with Gasteiger partial charge in [0.15, 0.2) is 6.10 Å². The highest BCUT2D eigenvalue weighted by Gasteiger charge is 2.26. The van der Waals surface area contributed by atoms with Gasteiger partial charge in [-0.2, -0.15) is 0 Å². The molecule has 0 aromatic heterocycles. The van der Waals surface area contributed by atoms with Crippen molar-refractivity contribution in [2.24, 2.45) is 0 Å². The lowest BCUT2D eigenvalue weighted by Crippen LogP contribution is -2.29. The Kier molecular flexibility index (Phi) is 36.2. The first-order chi connectivity index (χ1) is 24.8. The van der Waals surface area contributed by atoms with Gasteiger partial charge in [-0.05, 0) is 58.4 Å². The molecule has 0 bridgehead atoms. The number of carbonyl (C=O) groups is 2. The maximum atomic E-state index is 12.6. The number of nitrogens with one attached hydrogen (secondary N) is 1. The molecule has 0 spiro atoms. The fourth-order valence-corrected chi connectivity index (χ4v) is 5.88. The first-order valence-corrected chi connectivity index (χ1v) is 21.6. The minimum atomic E-state index is -4.36. The van der Waals surface area contributed by atoms with Crippen molar-refractivity contribution in [1.29, 1.82) is 0 Å². The zero-order valence-electron chi connectivity index (χ0n) is 32.5. The van der Waals surface area contributed by atoms with Gasteiger partial charge in [-0.15, -0.1) is 0 Å². The Morgan fingerprint density at radius 1 is 0.608 bits per heavy atom. The van der Waals surface area contributed by atoms with Gasteiger partial charge >= 0.3 is 19.8 Å². The number of allylic oxidation sites excluding steroid dienone is 8. The fourth-order valence-electron chi connectivity index (χ4n) is 5.13. The monoisotopic (exact) mass is 740 g/mol. The molecule has 2 N–H and O–H groups in total. The molecule has 51 heavy (non-hydrogen) atoms. The highest BCUT2D eigenvalue weighted by Crippen LogP contribution is 2.43. The van der Waals surface area contributed by atoms with Gasteiger partial charge in [0.05, 0.1) is 13.2 Å². The molecule has 0 aromatic rings. The highest BCUT2D eigenvalue weighted by molar-refractivity contribution is 7.47. The Bertz CT molecular complexity index is 981. The van der Waals surface area contributed by atoms with Crippen molar-refractivity contribution in [1.82, 2.24) is 5.32 Å². The third-order valence-electron chi connectivity index (χ3n) is 8.20. The second-order valence-corrected chi connectivity index (χ2v) is 14.6. The number of likely N-dealkylation sites (N-methyl/N-ethyl adjacent to an activating group) is 1. The quantitative estimate of drug-likeness (QED) is 0.0277. The van der Waals surface area contributed by atoms with Gasteiger partial charge in [0.25, 0.3) is 0 Å². The third kappa shape index (κ3) is 37.5. The van der Waals surface area contributed by atoms with E-state index in [0.29, 0.717) is 19.4 Å². The molecule has 10 heteroatoms. The van der Waals surface area contributed by atoms with Crippen LogP contribution in [0.25, 0.3) is 0 Å². The lowest BCUT2D eigenvalue weighted by molar-refractivity contribution is -0.161. The predicted octanol–water partition coefficient (Wildman–Crippen LogP) is 11.0. The lowest BCUT2D eigenvalue weighted by Gasteiger charge is -2.20. The summed E-state index contributed by atoms with van der Waals surface area (Å²) in [5, 5.41) is 2.81. The average Bonchev–Trinajstić information content (AvgIpc) is 3.11. The van der Waals surface area contributed by atoms with E-state index in [0.717, 1.165) is 38.5 Å². The Morgan fingerprint density at radius 2 is 1.08 bits per heavy atom. The number of phosphoric acid groups is 1. The van der Waals surface area contributed by atoms with E-state index in [-0.39, 0.29) is 32.0 Å². The number of unbranched alkanes of at least 4 members (excludes halogenated alkanes) is 15. The van der Waals surface area contributed by atoms with Crippen LogP contribution in [0.3, 0.4) is 0 Å². The summed E-state index contributed by atoms with van der Waals surface area (Å²) < 4.78 is 33.0. The zero-order chi connectivity index (χ0) is 37.5. The first-order valence-electron chi connectivity index (χ1n) is 20.1. The number of ether oxygens (including phenoxy) is 2. The number of hydrogen-bond donors (Lipinski definition) is 2. The topological polar surface area (TPSA) is 120 Å². The normalized spacial score (nSPS) is 13.9. The fraction of sp³-hybridized carbons (Fsp3) is 0.756. The molecule has 0 aromatic carbocycles. The standard InChI is InChI=1S/C41H74NO8P/c1-4-6-8-10-12-14-16-18-19-20-21-22-24-26-28-30-32-34-41(44)50-39(38-49-51(45,46)48-36-35-42-3)37-47-40(43)33-31-29-27-25-23-17-15-13-11-9-7-5-2/h12,14,18-19,21-22,26,28,39,42H,4-11,13,15-17,20,23-25,27,29-38H2,1-3H3,(H,45,46)/b14-12-,19-18-,22-21-,28-26-. The molecule has 0 aliphatic carbocycles. The van der Waals surface area contributed by atoms with Crippen LogP contribution in [0, 0.1) is 0 Å². The van der Waals surface area contributed by atoms with E-state index in [1.54, 1.807) is 7.05 Å². The molecule has 9 nitrogen and oxygen atoms in total. The lowest BCUT2D eigenvalue weighted by atomic mass is 10.0. The minimum Gasteiger partial charge on any atom is -0.462 e. The number of phosphoric ester groups is 1. The van der Waals surface area contributed by atoms with Crippen LogP contribution in [0.4, 0.5) is 0 Å². The largest absolute Gasteiger partial charge is 0.472 e. The minimum absolute atomic E-state index is 0.0275. The average molecular weight is 740 g/mol. The Balaban J connectivity index is 4.38. The Morgan fingerprint density at radius 3 is 1.63 bits per heavy atom. The number of hydrogen-bond acceptors (Lipinski definition) is 8. The highest BCUT2D eigenvalue weighted by atomic mass is 31.2. The van der Waals surface area contributed by atoms with E-state index >= 15 is 0 Å². The molecular formula is C41H74NO8P. The molecule has 0 saturated heterocycles. The van der Waals surface area contributed by atoms with Crippen molar-refractivity contribution >= 4 is 19.8 Å². The van der Waals surface area contributed by atoms with Gasteiger partial charge in [0, 0.05) is 19.4 Å². The summed E-state index contributed by atoms with van der Waals surface area (Å²) in [6, 6.07) is 0. The van der Waals surface area contributed by atoms with E-state index in [1.165, 1.54) is 83.5 Å². The Hall–Kier alpha value is -2.03. The van der Waals surface area contributed by atoms with Crippen LogP contribution in [0.2, 0.25) is 0 Å². The van der Waals surface area contributed by atoms with Crippen molar-refractivity contribution < 1.29 is 37.6 Å². The first kappa shape index (κ1) is 49.0. The summed E-state index contributed by atoms with van der Waals surface area (Å²) in [5.74, 6) is -0.874. The van der Waals surface area contributed by atoms with Gasteiger partial charge in [-0.3, -0.25) is 18.6 Å². The molecule has 296 valence electrons. The van der Waals surface area contributed by atoms with Crippen LogP contribution in [0.15, 0.2) is 48.6 Å². The van der Waals surface area contributed by atoms with Gasteiger partial charge in [-0.25, -0.2) is 4.57 Å². The predicted molar refractivity (Wildman–Crippen MR) is 211 cm³/mol. The summed E-state index contributed by atoms with van der Waals surface area (Å²) in [5.41, 5.74) is 0. The SMILES string of the molecule is CCCCC/C=C\C/C=C\C/C=C\C/C=C\CCCC(=O)OC(COC(=O)CCCCCCCCCCCCCC)COP(=O)(O)OCCNC. The van der Waals surface area contributed by atoms with Gasteiger partial charge in [-0.1, -0.05) is 146 Å². The molecule has 0 aliphatic heterocycles. The van der Waals surface area contributed by atoms with Crippen molar-refractivity contribution in [2.45, 2.75) is 168 Å². The van der Waals surface area contributed by atoms with Crippen molar-refractivity contribution in [2.75, 3.05) is 33.4 Å². The molecular weight excluding hydrogens is 665 g/mol. The van der Waals surface area contributed by atoms with Gasteiger partial charge in [0.2, 0.25) is 0 Å². The molecule has 0 aliphatic rings. The number of rotatable bonds is 37. The van der Waals surface area contributed by atoms with Crippen LogP contribution in [-0.2, 0) is 32.7 Å². The number of esters is 2. The van der Waals surface area contributed by atoms with Crippen LogP contribution < -0.4 is 5.32 Å². The van der Waals surface area contributed by atoms with Crippen LogP contribution >= 0.6 is 7.82 Å². The Labute approximate surface area is 311 Å². The van der Waals surface area contributed by atoms with Crippen LogP contribution in [0.5, 0.6) is 0 Å². The summed E-state index contributed by atoms with van der Waals surface area (Å²) in [4.78, 5) is 34.9. The molecule has 0 radical (unpaired) electrons. The summed E-state index contributed by atoms with van der Waals surface area (Å²) in [6.45, 7) is 4.12. The van der Waals surface area contributed by atoms with E-state index < -0.39 is 26.5 Å². The molecule has 2 unspecified atom stereocenters. The van der Waals surface area contributed by atoms with Gasteiger partial charge in [0.1, 0.15) is 6.61 Å². The van der Waals surface area contributed by atoms with E-state index in [4.69, 9.17) is 18.5 Å². The van der Waals surface area contributed by atoms with Crippen molar-refractivity contribution in [3.63, 3.8) is 0 Å².